The summed E-state index contributed by atoms with van der Waals surface area (Å²) in [6.45, 7) is 0.375. The van der Waals surface area contributed by atoms with Crippen molar-refractivity contribution < 1.29 is 0 Å². The van der Waals surface area contributed by atoms with Gasteiger partial charge in [0.05, 0.1) is 17.8 Å². The molecule has 5 heteroatoms. The van der Waals surface area contributed by atoms with E-state index in [0.29, 0.717) is 17.8 Å². The Kier molecular flexibility index (Phi) is 3.79. The first kappa shape index (κ1) is 13.5. The first-order chi connectivity index (χ1) is 10.2. The molecule has 3 rings (SSSR count). The topological polar surface area (TPSA) is 47.8 Å². The molecule has 104 valence electrons. The Balaban J connectivity index is 2.07. The van der Waals surface area contributed by atoms with E-state index in [4.69, 9.17) is 11.6 Å². The van der Waals surface area contributed by atoms with E-state index in [-0.39, 0.29) is 10.7 Å². The summed E-state index contributed by atoms with van der Waals surface area (Å²) in [5.41, 5.74) is 1.82. The van der Waals surface area contributed by atoms with Gasteiger partial charge >= 0.3 is 0 Å². The molecule has 4 nitrogen and oxygen atoms in total. The fourth-order valence-electron chi connectivity index (χ4n) is 2.08. The number of rotatable bonds is 3. The third-order valence-electron chi connectivity index (χ3n) is 3.06. The molecule has 0 amide bonds. The maximum atomic E-state index is 12.5. The molecule has 0 saturated carbocycles. The Bertz CT molecular complexity index is 801. The SMILES string of the molecule is O=c1c(-c2ccccn2)cc(Cl)nn1Cc1ccccc1. The molecule has 2 aromatic heterocycles. The van der Waals surface area contributed by atoms with Crippen LogP contribution in [0.2, 0.25) is 5.15 Å². The number of nitrogens with zero attached hydrogens (tertiary/aromatic N) is 3. The summed E-state index contributed by atoms with van der Waals surface area (Å²) in [5.74, 6) is 0. The lowest BCUT2D eigenvalue weighted by atomic mass is 10.2. The van der Waals surface area contributed by atoms with Gasteiger partial charge in [0.15, 0.2) is 5.15 Å². The van der Waals surface area contributed by atoms with Crippen LogP contribution in [0.3, 0.4) is 0 Å². The van der Waals surface area contributed by atoms with Gasteiger partial charge in [-0.25, -0.2) is 4.68 Å². The number of hydrogen-bond donors (Lipinski definition) is 0. The van der Waals surface area contributed by atoms with Crippen LogP contribution >= 0.6 is 11.6 Å². The molecule has 0 unspecified atom stereocenters. The van der Waals surface area contributed by atoms with Crippen molar-refractivity contribution in [3.05, 3.63) is 81.9 Å². The second-order valence-electron chi connectivity index (χ2n) is 4.54. The molecule has 0 bridgehead atoms. The van der Waals surface area contributed by atoms with Crippen molar-refractivity contribution in [2.45, 2.75) is 6.54 Å². The van der Waals surface area contributed by atoms with Crippen molar-refractivity contribution in [2.24, 2.45) is 0 Å². The van der Waals surface area contributed by atoms with Crippen LogP contribution in [0.15, 0.2) is 65.6 Å². The molecule has 3 aromatic rings. The van der Waals surface area contributed by atoms with E-state index in [2.05, 4.69) is 10.1 Å². The molecule has 0 spiro atoms. The lowest BCUT2D eigenvalue weighted by Crippen LogP contribution is -2.25. The highest BCUT2D eigenvalue weighted by Gasteiger charge is 2.10. The molecule has 21 heavy (non-hydrogen) atoms. The van der Waals surface area contributed by atoms with Crippen molar-refractivity contribution in [3.8, 4) is 11.3 Å². The van der Waals surface area contributed by atoms with Gasteiger partial charge in [-0.2, -0.15) is 5.10 Å². The maximum Gasteiger partial charge on any atom is 0.276 e. The molecule has 0 radical (unpaired) electrons. The normalized spacial score (nSPS) is 10.5. The second kappa shape index (κ2) is 5.89. The average molecular weight is 298 g/mol. The Morgan fingerprint density at radius 1 is 1.05 bits per heavy atom. The Morgan fingerprint density at radius 2 is 1.81 bits per heavy atom. The number of hydrogen-bond acceptors (Lipinski definition) is 3. The first-order valence-electron chi connectivity index (χ1n) is 6.47. The minimum Gasteiger partial charge on any atom is -0.267 e. The van der Waals surface area contributed by atoms with Crippen molar-refractivity contribution in [1.29, 1.82) is 0 Å². The Morgan fingerprint density at radius 3 is 2.52 bits per heavy atom. The average Bonchev–Trinajstić information content (AvgIpc) is 2.52. The summed E-state index contributed by atoms with van der Waals surface area (Å²) in [4.78, 5) is 16.7. The predicted octanol–water partition coefficient (Wildman–Crippen LogP) is 3.01. The van der Waals surface area contributed by atoms with E-state index >= 15 is 0 Å². The van der Waals surface area contributed by atoms with Gasteiger partial charge in [-0.05, 0) is 23.8 Å². The minimum absolute atomic E-state index is 0.207. The third-order valence-corrected chi connectivity index (χ3v) is 3.25. The molecule has 0 aliphatic heterocycles. The van der Waals surface area contributed by atoms with Crippen LogP contribution in [0.1, 0.15) is 5.56 Å². The highest BCUT2D eigenvalue weighted by atomic mass is 35.5. The molecule has 2 heterocycles. The highest BCUT2D eigenvalue weighted by molar-refractivity contribution is 6.29. The number of halogens is 1. The highest BCUT2D eigenvalue weighted by Crippen LogP contribution is 2.15. The zero-order valence-corrected chi connectivity index (χ0v) is 11.9. The molecule has 0 aliphatic carbocycles. The van der Waals surface area contributed by atoms with Gasteiger partial charge in [0.1, 0.15) is 0 Å². The number of benzene rings is 1. The maximum absolute atomic E-state index is 12.5. The molecule has 0 saturated heterocycles. The van der Waals surface area contributed by atoms with Crippen LogP contribution in [0, 0.1) is 0 Å². The second-order valence-corrected chi connectivity index (χ2v) is 4.93. The van der Waals surface area contributed by atoms with Gasteiger partial charge in [-0.1, -0.05) is 48.0 Å². The number of pyridine rings is 1. The Labute approximate surface area is 126 Å². The lowest BCUT2D eigenvalue weighted by molar-refractivity contribution is 0.641. The van der Waals surface area contributed by atoms with E-state index < -0.39 is 0 Å². The van der Waals surface area contributed by atoms with Crippen LogP contribution in [0.5, 0.6) is 0 Å². The van der Waals surface area contributed by atoms with E-state index in [9.17, 15) is 4.79 Å². The third kappa shape index (κ3) is 3.01. The summed E-state index contributed by atoms with van der Waals surface area (Å²) < 4.78 is 1.36. The monoisotopic (exact) mass is 297 g/mol. The summed E-state index contributed by atoms with van der Waals surface area (Å²) in [6, 6.07) is 16.6. The molecule has 0 aliphatic rings. The van der Waals surface area contributed by atoms with Crippen molar-refractivity contribution in [3.63, 3.8) is 0 Å². The molecular weight excluding hydrogens is 286 g/mol. The van der Waals surface area contributed by atoms with Gasteiger partial charge < -0.3 is 0 Å². The Hall–Kier alpha value is -2.46. The van der Waals surface area contributed by atoms with Crippen LogP contribution in [0.4, 0.5) is 0 Å². The largest absolute Gasteiger partial charge is 0.276 e. The molecule has 1 aromatic carbocycles. The molecule has 0 atom stereocenters. The van der Waals surface area contributed by atoms with Crippen LogP contribution < -0.4 is 5.56 Å². The molecule has 0 N–H and O–H groups in total. The van der Waals surface area contributed by atoms with E-state index in [1.54, 1.807) is 24.4 Å². The van der Waals surface area contributed by atoms with Gasteiger partial charge in [0, 0.05) is 6.20 Å². The van der Waals surface area contributed by atoms with Gasteiger partial charge in [0.25, 0.3) is 5.56 Å². The van der Waals surface area contributed by atoms with Crippen molar-refractivity contribution >= 4 is 11.6 Å². The van der Waals surface area contributed by atoms with Crippen LogP contribution in [0.25, 0.3) is 11.3 Å². The number of aromatic nitrogens is 3. The fraction of sp³-hybridized carbons (Fsp3) is 0.0625. The summed E-state index contributed by atoms with van der Waals surface area (Å²) in [6.07, 6.45) is 1.64. The van der Waals surface area contributed by atoms with E-state index in [1.165, 1.54) is 4.68 Å². The van der Waals surface area contributed by atoms with Gasteiger partial charge in [-0.15, -0.1) is 0 Å². The fourth-order valence-corrected chi connectivity index (χ4v) is 2.28. The summed E-state index contributed by atoms with van der Waals surface area (Å²) in [5, 5.41) is 4.37. The lowest BCUT2D eigenvalue weighted by Gasteiger charge is -2.08. The van der Waals surface area contributed by atoms with Crippen LogP contribution in [-0.4, -0.2) is 14.8 Å². The standard InChI is InChI=1S/C16H12ClN3O/c17-15-10-13(14-8-4-5-9-18-14)16(21)20(19-15)11-12-6-2-1-3-7-12/h1-10H,11H2. The molecular formula is C16H12ClN3O. The van der Waals surface area contributed by atoms with Crippen LogP contribution in [-0.2, 0) is 6.54 Å². The quantitative estimate of drug-likeness (QED) is 0.746. The zero-order valence-electron chi connectivity index (χ0n) is 11.1. The van der Waals surface area contributed by atoms with E-state index in [1.807, 2.05) is 36.4 Å². The zero-order chi connectivity index (χ0) is 14.7. The smallest absolute Gasteiger partial charge is 0.267 e. The van der Waals surface area contributed by atoms with Gasteiger partial charge in [0.2, 0.25) is 0 Å². The predicted molar refractivity (Wildman–Crippen MR) is 82.3 cm³/mol. The minimum atomic E-state index is -0.207. The first-order valence-corrected chi connectivity index (χ1v) is 6.85. The van der Waals surface area contributed by atoms with Crippen molar-refractivity contribution in [2.75, 3.05) is 0 Å². The van der Waals surface area contributed by atoms with E-state index in [0.717, 1.165) is 5.56 Å². The summed E-state index contributed by atoms with van der Waals surface area (Å²) in [7, 11) is 0. The van der Waals surface area contributed by atoms with Gasteiger partial charge in [-0.3, -0.25) is 9.78 Å². The molecule has 0 fully saturated rings. The van der Waals surface area contributed by atoms with Crippen molar-refractivity contribution in [1.82, 2.24) is 14.8 Å². The summed E-state index contributed by atoms with van der Waals surface area (Å²) >= 11 is 6.04.